The smallest absolute Gasteiger partial charge is 0.332 e. The highest BCUT2D eigenvalue weighted by atomic mass is 32.1. The van der Waals surface area contributed by atoms with Gasteiger partial charge in [0.2, 0.25) is 11.8 Å². The van der Waals surface area contributed by atoms with Crippen LogP contribution in [-0.4, -0.2) is 34.0 Å². The normalized spacial score (nSPS) is 20.1. The maximum atomic E-state index is 13.2. The third-order valence-electron chi connectivity index (χ3n) is 6.06. The third-order valence-corrected chi connectivity index (χ3v) is 6.95. The Morgan fingerprint density at radius 1 is 1.20 bits per heavy atom. The molecule has 0 bridgehead atoms. The van der Waals surface area contributed by atoms with E-state index in [0.29, 0.717) is 16.8 Å². The van der Waals surface area contributed by atoms with Crippen LogP contribution in [0.3, 0.4) is 0 Å². The fourth-order valence-corrected chi connectivity index (χ4v) is 4.93. The average molecular weight is 435 g/mol. The molecule has 0 aliphatic heterocycles. The van der Waals surface area contributed by atoms with Crippen LogP contribution in [0.4, 0.5) is 0 Å². The maximum absolute atomic E-state index is 13.2. The second-order valence-corrected chi connectivity index (χ2v) is 9.04. The highest BCUT2D eigenvalue weighted by Crippen LogP contribution is 2.29. The lowest BCUT2D eigenvalue weighted by molar-refractivity contribution is -0.125. The molecule has 0 radical (unpaired) electrons. The third kappa shape index (κ3) is 4.66. The standard InChI is InChI=1S/C21H30N4O4S/c1-4-13(2)23-17(26)12-24-16-9-10-30-18(16)20(28)25(21(24)29)11-14-5-7-15(8-6-14)19(27)22-3/h9-10,13-15H,4-8,11-12H2,1-3H3,(H,22,27)(H,23,26)/t13-,14?,15?/m1/s1. The van der Waals surface area contributed by atoms with Gasteiger partial charge in [-0.15, -0.1) is 11.3 Å². The molecule has 30 heavy (non-hydrogen) atoms. The van der Waals surface area contributed by atoms with Crippen molar-refractivity contribution in [1.29, 1.82) is 0 Å². The molecular formula is C21H30N4O4S. The molecule has 3 rings (SSSR count). The number of hydrogen-bond acceptors (Lipinski definition) is 5. The number of carbonyl (C=O) groups is 2. The number of thiophene rings is 1. The Labute approximate surface area is 179 Å². The van der Waals surface area contributed by atoms with Gasteiger partial charge in [-0.3, -0.25) is 23.5 Å². The first-order valence-corrected chi connectivity index (χ1v) is 11.4. The zero-order chi connectivity index (χ0) is 21.8. The molecule has 2 aromatic rings. The van der Waals surface area contributed by atoms with E-state index >= 15 is 0 Å². The molecule has 1 aliphatic carbocycles. The van der Waals surface area contributed by atoms with Crippen LogP contribution < -0.4 is 21.9 Å². The van der Waals surface area contributed by atoms with Gasteiger partial charge in [0.05, 0.1) is 5.52 Å². The molecule has 8 nitrogen and oxygen atoms in total. The van der Waals surface area contributed by atoms with E-state index in [2.05, 4.69) is 10.6 Å². The second kappa shape index (κ2) is 9.59. The van der Waals surface area contributed by atoms with Crippen molar-refractivity contribution in [3.8, 4) is 0 Å². The average Bonchev–Trinajstić information content (AvgIpc) is 3.24. The van der Waals surface area contributed by atoms with Crippen LogP contribution in [-0.2, 0) is 22.7 Å². The van der Waals surface area contributed by atoms with Gasteiger partial charge >= 0.3 is 5.69 Å². The number of nitrogens with one attached hydrogen (secondary N) is 2. The summed E-state index contributed by atoms with van der Waals surface area (Å²) in [6.45, 7) is 4.10. The highest BCUT2D eigenvalue weighted by molar-refractivity contribution is 7.17. The summed E-state index contributed by atoms with van der Waals surface area (Å²) in [6.07, 6.45) is 3.90. The highest BCUT2D eigenvalue weighted by Gasteiger charge is 2.27. The Kier molecular flexibility index (Phi) is 7.12. The van der Waals surface area contributed by atoms with Crippen LogP contribution in [0.2, 0.25) is 0 Å². The Morgan fingerprint density at radius 2 is 1.90 bits per heavy atom. The largest absolute Gasteiger partial charge is 0.359 e. The summed E-state index contributed by atoms with van der Waals surface area (Å²) in [5, 5.41) is 7.34. The summed E-state index contributed by atoms with van der Waals surface area (Å²) in [4.78, 5) is 50.4. The quantitative estimate of drug-likeness (QED) is 0.692. The zero-order valence-corrected chi connectivity index (χ0v) is 18.6. The fraction of sp³-hybridized carbons (Fsp3) is 0.619. The maximum Gasteiger partial charge on any atom is 0.332 e. The van der Waals surface area contributed by atoms with Crippen molar-refractivity contribution in [3.05, 3.63) is 32.3 Å². The van der Waals surface area contributed by atoms with Gasteiger partial charge in [0, 0.05) is 25.6 Å². The van der Waals surface area contributed by atoms with Crippen molar-refractivity contribution in [2.45, 2.75) is 65.1 Å². The number of amides is 2. The van der Waals surface area contributed by atoms with Crippen molar-refractivity contribution < 1.29 is 9.59 Å². The topological polar surface area (TPSA) is 102 Å². The summed E-state index contributed by atoms with van der Waals surface area (Å²) in [5.74, 6) is -0.0182. The fourth-order valence-electron chi connectivity index (χ4n) is 4.08. The molecule has 2 N–H and O–H groups in total. The van der Waals surface area contributed by atoms with Gasteiger partial charge in [-0.2, -0.15) is 0 Å². The summed E-state index contributed by atoms with van der Waals surface area (Å²) in [6, 6.07) is 1.74. The first kappa shape index (κ1) is 22.3. The Morgan fingerprint density at radius 3 is 2.53 bits per heavy atom. The van der Waals surface area contributed by atoms with Crippen LogP contribution in [0, 0.1) is 11.8 Å². The van der Waals surface area contributed by atoms with Crippen LogP contribution in [0.5, 0.6) is 0 Å². The van der Waals surface area contributed by atoms with E-state index < -0.39 is 5.69 Å². The van der Waals surface area contributed by atoms with Gasteiger partial charge in [0.25, 0.3) is 5.56 Å². The van der Waals surface area contributed by atoms with Crippen LogP contribution >= 0.6 is 11.3 Å². The monoisotopic (exact) mass is 434 g/mol. The molecule has 1 fully saturated rings. The predicted molar refractivity (Wildman–Crippen MR) is 118 cm³/mol. The number of hydrogen-bond donors (Lipinski definition) is 2. The molecule has 9 heteroatoms. The summed E-state index contributed by atoms with van der Waals surface area (Å²) < 4.78 is 3.17. The zero-order valence-electron chi connectivity index (χ0n) is 17.8. The Bertz CT molecular complexity index is 1030. The van der Waals surface area contributed by atoms with Gasteiger partial charge in [0.15, 0.2) is 0 Å². The number of nitrogens with zero attached hydrogens (tertiary/aromatic N) is 2. The van der Waals surface area contributed by atoms with E-state index in [0.717, 1.165) is 32.1 Å². The lowest BCUT2D eigenvalue weighted by Gasteiger charge is -2.27. The first-order valence-electron chi connectivity index (χ1n) is 10.6. The van der Waals surface area contributed by atoms with Crippen molar-refractivity contribution in [2.24, 2.45) is 11.8 Å². The van der Waals surface area contributed by atoms with E-state index in [4.69, 9.17) is 0 Å². The van der Waals surface area contributed by atoms with Crippen molar-refractivity contribution in [2.75, 3.05) is 7.05 Å². The molecule has 1 atom stereocenters. The molecule has 0 unspecified atom stereocenters. The van der Waals surface area contributed by atoms with Gasteiger partial charge in [0.1, 0.15) is 11.2 Å². The number of rotatable bonds is 7. The van der Waals surface area contributed by atoms with E-state index in [1.807, 2.05) is 13.8 Å². The second-order valence-electron chi connectivity index (χ2n) is 8.13. The molecule has 0 aromatic carbocycles. The summed E-state index contributed by atoms with van der Waals surface area (Å²) >= 11 is 1.29. The number of aromatic nitrogens is 2. The predicted octanol–water partition coefficient (Wildman–Crippen LogP) is 1.69. The summed E-state index contributed by atoms with van der Waals surface area (Å²) in [5.41, 5.74) is -0.232. The molecular weight excluding hydrogens is 404 g/mol. The van der Waals surface area contributed by atoms with E-state index in [1.165, 1.54) is 20.5 Å². The van der Waals surface area contributed by atoms with Gasteiger partial charge in [-0.05, 0) is 56.4 Å². The van der Waals surface area contributed by atoms with Gasteiger partial charge in [-0.1, -0.05) is 6.92 Å². The lowest BCUT2D eigenvalue weighted by Crippen LogP contribution is -2.44. The molecule has 164 valence electrons. The van der Waals surface area contributed by atoms with Crippen LogP contribution in [0.15, 0.2) is 21.0 Å². The molecule has 0 saturated heterocycles. The van der Waals surface area contributed by atoms with E-state index in [9.17, 15) is 19.2 Å². The van der Waals surface area contributed by atoms with Crippen molar-refractivity contribution >= 4 is 33.4 Å². The molecule has 2 heterocycles. The molecule has 1 aliphatic rings. The minimum absolute atomic E-state index is 0.00339. The van der Waals surface area contributed by atoms with Crippen molar-refractivity contribution in [1.82, 2.24) is 19.8 Å². The minimum Gasteiger partial charge on any atom is -0.359 e. The van der Waals surface area contributed by atoms with E-state index in [1.54, 1.807) is 18.5 Å². The lowest BCUT2D eigenvalue weighted by atomic mass is 9.81. The van der Waals surface area contributed by atoms with Gasteiger partial charge in [-0.25, -0.2) is 4.79 Å². The molecule has 1 saturated carbocycles. The van der Waals surface area contributed by atoms with Crippen molar-refractivity contribution in [3.63, 3.8) is 0 Å². The van der Waals surface area contributed by atoms with Crippen LogP contribution in [0.25, 0.3) is 10.2 Å². The Hall–Kier alpha value is -2.42. The molecule has 2 amide bonds. The molecule has 2 aromatic heterocycles. The van der Waals surface area contributed by atoms with Crippen LogP contribution in [0.1, 0.15) is 46.0 Å². The van der Waals surface area contributed by atoms with E-state index in [-0.39, 0.29) is 41.8 Å². The minimum atomic E-state index is -0.446. The SMILES string of the molecule is CC[C@@H](C)NC(=O)Cn1c(=O)n(CC2CCC(C(=O)NC)CC2)c(=O)c2sccc21. The Balaban J connectivity index is 1.85. The first-order chi connectivity index (χ1) is 14.3. The number of carbonyl (C=O) groups excluding carboxylic acids is 2. The number of fused-ring (bicyclic) bond motifs is 1. The molecule has 0 spiro atoms. The van der Waals surface area contributed by atoms with Gasteiger partial charge < -0.3 is 10.6 Å². The summed E-state index contributed by atoms with van der Waals surface area (Å²) in [7, 11) is 1.64.